The molecule has 0 spiro atoms. The van der Waals surface area contributed by atoms with Crippen LogP contribution in [-0.2, 0) is 13.1 Å². The van der Waals surface area contributed by atoms with E-state index in [9.17, 15) is 4.79 Å². The molecule has 0 radical (unpaired) electrons. The lowest BCUT2D eigenvalue weighted by Gasteiger charge is -2.07. The van der Waals surface area contributed by atoms with Gasteiger partial charge in [-0.15, -0.1) is 5.10 Å². The first-order valence-corrected chi connectivity index (χ1v) is 7.07. The van der Waals surface area contributed by atoms with Gasteiger partial charge in [-0.2, -0.15) is 0 Å². The second-order valence-corrected chi connectivity index (χ2v) is 5.23. The summed E-state index contributed by atoms with van der Waals surface area (Å²) in [5, 5.41) is 10.5. The maximum atomic E-state index is 12.0. The van der Waals surface area contributed by atoms with E-state index in [2.05, 4.69) is 41.6 Å². The number of nitrogens with two attached hydrogens (primary N) is 1. The van der Waals surface area contributed by atoms with E-state index in [-0.39, 0.29) is 5.91 Å². The van der Waals surface area contributed by atoms with Crippen LogP contribution in [0.15, 0.2) is 30.5 Å². The van der Waals surface area contributed by atoms with Crippen LogP contribution in [-0.4, -0.2) is 27.4 Å². The Morgan fingerprint density at radius 3 is 2.67 bits per heavy atom. The van der Waals surface area contributed by atoms with E-state index in [1.54, 1.807) is 10.9 Å². The summed E-state index contributed by atoms with van der Waals surface area (Å²) in [7, 11) is 0. The summed E-state index contributed by atoms with van der Waals surface area (Å²) in [6.45, 7) is 5.80. The van der Waals surface area contributed by atoms with E-state index in [4.69, 9.17) is 5.73 Å². The lowest BCUT2D eigenvalue weighted by molar-refractivity contribution is 0.0946. The number of carbonyl (C=O) groups excluding carboxylic acids is 1. The van der Waals surface area contributed by atoms with Gasteiger partial charge in [-0.1, -0.05) is 43.3 Å². The molecule has 0 bridgehead atoms. The Bertz CT molecular complexity index is 588. The number of hydrogen-bond donors (Lipinski definition) is 2. The molecule has 0 fully saturated rings. The molecule has 0 unspecified atom stereocenters. The van der Waals surface area contributed by atoms with Crippen LogP contribution in [0.2, 0.25) is 0 Å². The van der Waals surface area contributed by atoms with Crippen molar-refractivity contribution in [3.05, 3.63) is 47.3 Å². The van der Waals surface area contributed by atoms with Crippen molar-refractivity contribution in [1.82, 2.24) is 20.3 Å². The van der Waals surface area contributed by atoms with E-state index in [0.29, 0.717) is 31.2 Å². The second kappa shape index (κ2) is 6.99. The number of amides is 1. The Hall–Kier alpha value is -2.21. The quantitative estimate of drug-likeness (QED) is 0.838. The molecule has 1 aromatic carbocycles. The van der Waals surface area contributed by atoms with Crippen LogP contribution in [0.3, 0.4) is 0 Å². The Kier molecular flexibility index (Phi) is 5.05. The zero-order chi connectivity index (χ0) is 15.2. The molecule has 1 amide bonds. The minimum atomic E-state index is -0.230. The predicted octanol–water partition coefficient (Wildman–Crippen LogP) is 1.29. The summed E-state index contributed by atoms with van der Waals surface area (Å²) in [5.74, 6) is 0.275. The molecular formula is C15H21N5O. The fraction of sp³-hybridized carbons (Fsp3) is 0.400. The normalized spacial score (nSPS) is 10.9. The third kappa shape index (κ3) is 4.13. The third-order valence-electron chi connectivity index (χ3n) is 3.23. The van der Waals surface area contributed by atoms with Gasteiger partial charge in [0.05, 0.1) is 12.7 Å². The van der Waals surface area contributed by atoms with E-state index >= 15 is 0 Å². The standard InChI is InChI=1S/C15H21N5O/c1-11(2)13-5-3-12(4-6-13)9-17-15(21)14-10-20(8-7-16)19-18-14/h3-6,10-11H,7-9,16H2,1-2H3,(H,17,21). The van der Waals surface area contributed by atoms with Crippen LogP contribution in [0.4, 0.5) is 0 Å². The fourth-order valence-corrected chi connectivity index (χ4v) is 1.94. The molecule has 6 nitrogen and oxygen atoms in total. The molecule has 21 heavy (non-hydrogen) atoms. The molecular weight excluding hydrogens is 266 g/mol. The lowest BCUT2D eigenvalue weighted by atomic mass is 10.0. The van der Waals surface area contributed by atoms with Crippen LogP contribution in [0.1, 0.15) is 41.4 Å². The highest BCUT2D eigenvalue weighted by molar-refractivity contribution is 5.91. The summed E-state index contributed by atoms with van der Waals surface area (Å²) in [6.07, 6.45) is 1.60. The van der Waals surface area contributed by atoms with Crippen LogP contribution in [0.5, 0.6) is 0 Å². The minimum absolute atomic E-state index is 0.230. The maximum absolute atomic E-state index is 12.0. The summed E-state index contributed by atoms with van der Waals surface area (Å²) < 4.78 is 1.56. The van der Waals surface area contributed by atoms with Crippen LogP contribution < -0.4 is 11.1 Å². The zero-order valence-corrected chi connectivity index (χ0v) is 12.4. The fourth-order valence-electron chi connectivity index (χ4n) is 1.94. The van der Waals surface area contributed by atoms with Gasteiger partial charge in [-0.05, 0) is 17.0 Å². The molecule has 0 aliphatic heterocycles. The Balaban J connectivity index is 1.90. The molecule has 3 N–H and O–H groups in total. The first kappa shape index (κ1) is 15.2. The Labute approximate surface area is 124 Å². The lowest BCUT2D eigenvalue weighted by Crippen LogP contribution is -2.23. The second-order valence-electron chi connectivity index (χ2n) is 5.23. The molecule has 2 aromatic rings. The molecule has 0 aliphatic carbocycles. The van der Waals surface area contributed by atoms with Gasteiger partial charge < -0.3 is 11.1 Å². The van der Waals surface area contributed by atoms with E-state index in [1.807, 2.05) is 12.1 Å². The first-order chi connectivity index (χ1) is 10.1. The first-order valence-electron chi connectivity index (χ1n) is 7.07. The van der Waals surface area contributed by atoms with Crippen molar-refractivity contribution in [2.75, 3.05) is 6.54 Å². The Morgan fingerprint density at radius 1 is 1.33 bits per heavy atom. The van der Waals surface area contributed by atoms with Crippen molar-refractivity contribution < 1.29 is 4.79 Å². The van der Waals surface area contributed by atoms with Crippen LogP contribution >= 0.6 is 0 Å². The van der Waals surface area contributed by atoms with Gasteiger partial charge in [0.1, 0.15) is 0 Å². The maximum Gasteiger partial charge on any atom is 0.273 e. The molecule has 2 rings (SSSR count). The number of hydrogen-bond acceptors (Lipinski definition) is 4. The molecule has 0 aliphatic rings. The monoisotopic (exact) mass is 287 g/mol. The van der Waals surface area contributed by atoms with E-state index in [0.717, 1.165) is 5.56 Å². The number of rotatable bonds is 6. The molecule has 0 saturated heterocycles. The van der Waals surface area contributed by atoms with Crippen LogP contribution in [0.25, 0.3) is 0 Å². The summed E-state index contributed by atoms with van der Waals surface area (Å²) in [5.41, 5.74) is 8.08. The number of benzene rings is 1. The van der Waals surface area contributed by atoms with Gasteiger partial charge in [0, 0.05) is 13.1 Å². The SMILES string of the molecule is CC(C)c1ccc(CNC(=O)c2cn(CCN)nn2)cc1. The van der Waals surface area contributed by atoms with Crippen molar-refractivity contribution in [2.45, 2.75) is 32.9 Å². The summed E-state index contributed by atoms with van der Waals surface area (Å²) >= 11 is 0. The highest BCUT2D eigenvalue weighted by Crippen LogP contribution is 2.14. The van der Waals surface area contributed by atoms with Gasteiger partial charge in [0.15, 0.2) is 5.69 Å². The largest absolute Gasteiger partial charge is 0.347 e. The average Bonchev–Trinajstić information content (AvgIpc) is 2.94. The molecule has 6 heteroatoms. The minimum Gasteiger partial charge on any atom is -0.347 e. The molecule has 0 atom stereocenters. The van der Waals surface area contributed by atoms with E-state index < -0.39 is 0 Å². The smallest absolute Gasteiger partial charge is 0.273 e. The van der Waals surface area contributed by atoms with Gasteiger partial charge in [0.25, 0.3) is 5.91 Å². The van der Waals surface area contributed by atoms with Crippen molar-refractivity contribution >= 4 is 5.91 Å². The molecule has 1 aromatic heterocycles. The van der Waals surface area contributed by atoms with Crippen LogP contribution in [0, 0.1) is 0 Å². The Morgan fingerprint density at radius 2 is 2.05 bits per heavy atom. The number of nitrogens with zero attached hydrogens (tertiary/aromatic N) is 3. The van der Waals surface area contributed by atoms with Crippen molar-refractivity contribution in [1.29, 1.82) is 0 Å². The number of carbonyl (C=O) groups is 1. The van der Waals surface area contributed by atoms with Gasteiger partial charge in [-0.3, -0.25) is 9.48 Å². The number of aromatic nitrogens is 3. The van der Waals surface area contributed by atoms with Gasteiger partial charge >= 0.3 is 0 Å². The van der Waals surface area contributed by atoms with Crippen molar-refractivity contribution in [3.8, 4) is 0 Å². The van der Waals surface area contributed by atoms with Crippen molar-refractivity contribution in [2.24, 2.45) is 5.73 Å². The van der Waals surface area contributed by atoms with Gasteiger partial charge in [0.2, 0.25) is 0 Å². The molecule has 1 heterocycles. The highest BCUT2D eigenvalue weighted by Gasteiger charge is 2.10. The topological polar surface area (TPSA) is 85.8 Å². The van der Waals surface area contributed by atoms with Crippen molar-refractivity contribution in [3.63, 3.8) is 0 Å². The zero-order valence-electron chi connectivity index (χ0n) is 12.4. The summed E-state index contributed by atoms with van der Waals surface area (Å²) in [4.78, 5) is 12.0. The summed E-state index contributed by atoms with van der Waals surface area (Å²) in [6, 6.07) is 8.23. The number of nitrogens with one attached hydrogen (secondary N) is 1. The third-order valence-corrected chi connectivity index (χ3v) is 3.23. The average molecular weight is 287 g/mol. The molecule has 0 saturated carbocycles. The van der Waals surface area contributed by atoms with E-state index in [1.165, 1.54) is 5.56 Å². The predicted molar refractivity (Wildman–Crippen MR) is 80.8 cm³/mol. The molecule has 112 valence electrons. The highest BCUT2D eigenvalue weighted by atomic mass is 16.2. The van der Waals surface area contributed by atoms with Gasteiger partial charge in [-0.25, -0.2) is 0 Å².